The van der Waals surface area contributed by atoms with Gasteiger partial charge in [-0.3, -0.25) is 0 Å². The summed E-state index contributed by atoms with van der Waals surface area (Å²) in [4.78, 5) is 0. The molecule has 0 saturated carbocycles. The van der Waals surface area contributed by atoms with Crippen LogP contribution in [0.5, 0.6) is 0 Å². The van der Waals surface area contributed by atoms with Gasteiger partial charge in [-0.2, -0.15) is 0 Å². The maximum absolute atomic E-state index is 5.48. The van der Waals surface area contributed by atoms with Crippen LogP contribution in [-0.4, -0.2) is 13.7 Å². The van der Waals surface area contributed by atoms with Crippen molar-refractivity contribution in [2.24, 2.45) is 0 Å². The second-order valence-corrected chi connectivity index (χ2v) is 3.88. The highest BCUT2D eigenvalue weighted by Gasteiger charge is 2.16. The van der Waals surface area contributed by atoms with Gasteiger partial charge in [0.05, 0.1) is 19.8 Å². The summed E-state index contributed by atoms with van der Waals surface area (Å²) in [5, 5.41) is 0. The summed E-state index contributed by atoms with van der Waals surface area (Å²) in [7, 11) is 1.73. The highest BCUT2D eigenvalue weighted by Crippen LogP contribution is 2.27. The van der Waals surface area contributed by atoms with Crippen LogP contribution in [0.4, 0.5) is 0 Å². The average molecular weight is 192 g/mol. The molecule has 1 aliphatic rings. The fourth-order valence-corrected chi connectivity index (χ4v) is 1.93. The molecule has 0 aromatic heterocycles. The largest absolute Gasteiger partial charge is 0.380 e. The van der Waals surface area contributed by atoms with Crippen molar-refractivity contribution in [3.63, 3.8) is 0 Å². The second kappa shape index (κ2) is 4.11. The number of methoxy groups -OCH3 is 1. The van der Waals surface area contributed by atoms with Crippen LogP contribution in [0.3, 0.4) is 0 Å². The molecule has 76 valence electrons. The molecule has 0 fully saturated rings. The summed E-state index contributed by atoms with van der Waals surface area (Å²) in [6, 6.07) is 6.51. The van der Waals surface area contributed by atoms with E-state index in [0.717, 1.165) is 13.2 Å². The van der Waals surface area contributed by atoms with E-state index in [9.17, 15) is 0 Å². The zero-order chi connectivity index (χ0) is 9.97. The third kappa shape index (κ3) is 1.81. The fourth-order valence-electron chi connectivity index (χ4n) is 1.93. The summed E-state index contributed by atoms with van der Waals surface area (Å²) in [6.45, 7) is 4.49. The van der Waals surface area contributed by atoms with E-state index in [-0.39, 0.29) is 0 Å². The van der Waals surface area contributed by atoms with E-state index in [1.54, 1.807) is 7.11 Å². The molecule has 0 bridgehead atoms. The molecule has 0 radical (unpaired) electrons. The Bertz CT molecular complexity index is 320. The van der Waals surface area contributed by atoms with Crippen molar-refractivity contribution in [3.05, 3.63) is 34.9 Å². The fraction of sp³-hybridized carbons (Fsp3) is 0.500. The molecular formula is C12H16O2. The summed E-state index contributed by atoms with van der Waals surface area (Å²) >= 11 is 0. The number of benzene rings is 1. The molecular weight excluding hydrogens is 176 g/mol. The molecule has 1 atom stereocenters. The average Bonchev–Trinajstić information content (AvgIpc) is 2.20. The normalized spacial score (nSPS) is 20.6. The molecule has 2 heteroatoms. The van der Waals surface area contributed by atoms with Gasteiger partial charge in [0, 0.05) is 13.0 Å². The molecule has 0 aliphatic carbocycles. The van der Waals surface area contributed by atoms with E-state index in [2.05, 4.69) is 25.1 Å². The van der Waals surface area contributed by atoms with Gasteiger partial charge in [0.15, 0.2) is 0 Å². The Balaban J connectivity index is 2.31. The van der Waals surface area contributed by atoms with E-state index in [0.29, 0.717) is 12.5 Å². The van der Waals surface area contributed by atoms with E-state index < -0.39 is 0 Å². The summed E-state index contributed by atoms with van der Waals surface area (Å²) in [6.07, 6.45) is 0. The minimum atomic E-state index is 0.510. The van der Waals surface area contributed by atoms with Gasteiger partial charge in [-0.05, 0) is 16.7 Å². The monoisotopic (exact) mass is 192 g/mol. The van der Waals surface area contributed by atoms with Gasteiger partial charge in [-0.15, -0.1) is 0 Å². The number of fused-ring (bicyclic) bond motifs is 1. The predicted octanol–water partition coefficient (Wildman–Crippen LogP) is 2.47. The summed E-state index contributed by atoms with van der Waals surface area (Å²) in [5.74, 6) is 0.510. The number of hydrogen-bond donors (Lipinski definition) is 0. The van der Waals surface area contributed by atoms with Gasteiger partial charge >= 0.3 is 0 Å². The lowest BCUT2D eigenvalue weighted by molar-refractivity contribution is 0.0948. The first kappa shape index (κ1) is 9.69. The Morgan fingerprint density at radius 1 is 1.50 bits per heavy atom. The summed E-state index contributed by atoms with van der Waals surface area (Å²) in [5.41, 5.74) is 3.99. The smallest absolute Gasteiger partial charge is 0.0719 e. The van der Waals surface area contributed by atoms with Crippen molar-refractivity contribution in [1.29, 1.82) is 0 Å². The molecule has 0 amide bonds. The first-order valence-electron chi connectivity index (χ1n) is 4.99. The Kier molecular flexibility index (Phi) is 2.85. The van der Waals surface area contributed by atoms with E-state index >= 15 is 0 Å². The number of rotatable bonds is 2. The van der Waals surface area contributed by atoms with Crippen molar-refractivity contribution in [3.8, 4) is 0 Å². The number of hydrogen-bond acceptors (Lipinski definition) is 2. The van der Waals surface area contributed by atoms with Gasteiger partial charge < -0.3 is 9.47 Å². The van der Waals surface area contributed by atoms with Gasteiger partial charge in [0.25, 0.3) is 0 Å². The van der Waals surface area contributed by atoms with Crippen molar-refractivity contribution in [1.82, 2.24) is 0 Å². The van der Waals surface area contributed by atoms with Crippen molar-refractivity contribution < 1.29 is 9.47 Å². The predicted molar refractivity (Wildman–Crippen MR) is 55.2 cm³/mol. The van der Waals surface area contributed by atoms with Gasteiger partial charge in [-0.1, -0.05) is 25.1 Å². The van der Waals surface area contributed by atoms with Crippen LogP contribution in [0.2, 0.25) is 0 Å². The molecule has 0 spiro atoms. The Morgan fingerprint density at radius 3 is 3.14 bits per heavy atom. The van der Waals surface area contributed by atoms with Crippen LogP contribution >= 0.6 is 0 Å². The Hall–Kier alpha value is -0.860. The van der Waals surface area contributed by atoms with Crippen LogP contribution in [0.1, 0.15) is 29.5 Å². The van der Waals surface area contributed by atoms with Crippen molar-refractivity contribution in [2.75, 3.05) is 13.7 Å². The van der Waals surface area contributed by atoms with Crippen LogP contribution in [0.25, 0.3) is 0 Å². The minimum Gasteiger partial charge on any atom is -0.380 e. The quantitative estimate of drug-likeness (QED) is 0.716. The molecule has 1 heterocycles. The SMILES string of the molecule is COCc1ccc2c(c1)C(C)COC2. The topological polar surface area (TPSA) is 18.5 Å². The van der Waals surface area contributed by atoms with Gasteiger partial charge in [-0.25, -0.2) is 0 Å². The molecule has 1 aliphatic heterocycles. The van der Waals surface area contributed by atoms with E-state index in [1.807, 2.05) is 0 Å². The first-order valence-corrected chi connectivity index (χ1v) is 4.99. The van der Waals surface area contributed by atoms with E-state index in [1.165, 1.54) is 16.7 Å². The van der Waals surface area contributed by atoms with E-state index in [4.69, 9.17) is 9.47 Å². The summed E-state index contributed by atoms with van der Waals surface area (Å²) < 4.78 is 10.6. The highest BCUT2D eigenvalue weighted by molar-refractivity contribution is 5.35. The molecule has 1 aromatic carbocycles. The lowest BCUT2D eigenvalue weighted by Crippen LogP contribution is -2.14. The van der Waals surface area contributed by atoms with Crippen molar-refractivity contribution >= 4 is 0 Å². The van der Waals surface area contributed by atoms with Crippen LogP contribution in [-0.2, 0) is 22.7 Å². The lowest BCUT2D eigenvalue weighted by atomic mass is 9.93. The molecule has 2 rings (SSSR count). The van der Waals surface area contributed by atoms with Crippen LogP contribution < -0.4 is 0 Å². The molecule has 2 nitrogen and oxygen atoms in total. The zero-order valence-corrected chi connectivity index (χ0v) is 8.75. The van der Waals surface area contributed by atoms with Gasteiger partial charge in [0.1, 0.15) is 0 Å². The Morgan fingerprint density at radius 2 is 2.36 bits per heavy atom. The standard InChI is InChI=1S/C12H16O2/c1-9-6-14-8-11-4-3-10(7-13-2)5-12(9)11/h3-5,9H,6-8H2,1-2H3. The zero-order valence-electron chi connectivity index (χ0n) is 8.75. The third-order valence-electron chi connectivity index (χ3n) is 2.68. The molecule has 0 saturated heterocycles. The first-order chi connectivity index (χ1) is 6.81. The van der Waals surface area contributed by atoms with Gasteiger partial charge in [0.2, 0.25) is 0 Å². The van der Waals surface area contributed by atoms with Crippen LogP contribution in [0, 0.1) is 0 Å². The Labute approximate surface area is 84.8 Å². The van der Waals surface area contributed by atoms with Crippen molar-refractivity contribution in [2.45, 2.75) is 26.1 Å². The lowest BCUT2D eigenvalue weighted by Gasteiger charge is -2.23. The highest BCUT2D eigenvalue weighted by atomic mass is 16.5. The van der Waals surface area contributed by atoms with Crippen LogP contribution in [0.15, 0.2) is 18.2 Å². The maximum atomic E-state index is 5.48. The number of ether oxygens (including phenoxy) is 2. The second-order valence-electron chi connectivity index (χ2n) is 3.88. The minimum absolute atomic E-state index is 0.510. The molecule has 14 heavy (non-hydrogen) atoms. The third-order valence-corrected chi connectivity index (χ3v) is 2.68. The maximum Gasteiger partial charge on any atom is 0.0719 e. The molecule has 1 aromatic rings. The molecule has 0 N–H and O–H groups in total. The molecule has 1 unspecified atom stereocenters.